The molecule has 19 heavy (non-hydrogen) atoms. The molecule has 1 aliphatic carbocycles. The summed E-state index contributed by atoms with van der Waals surface area (Å²) in [5, 5.41) is 3.71. The summed E-state index contributed by atoms with van der Waals surface area (Å²) in [6.45, 7) is 6.17. The number of furan rings is 1. The molecule has 0 saturated heterocycles. The van der Waals surface area contributed by atoms with Gasteiger partial charge in [0.1, 0.15) is 0 Å². The summed E-state index contributed by atoms with van der Waals surface area (Å²) in [7, 11) is 0. The minimum atomic E-state index is 0.0290. The van der Waals surface area contributed by atoms with E-state index in [1.54, 1.807) is 6.26 Å². The van der Waals surface area contributed by atoms with Crippen molar-refractivity contribution < 1.29 is 9.15 Å². The lowest BCUT2D eigenvalue weighted by Gasteiger charge is -2.38. The molecule has 0 amide bonds. The Labute approximate surface area is 116 Å². The maximum atomic E-state index is 6.21. The van der Waals surface area contributed by atoms with Crippen molar-refractivity contribution in [3.8, 4) is 0 Å². The van der Waals surface area contributed by atoms with E-state index < -0.39 is 0 Å². The van der Waals surface area contributed by atoms with Crippen LogP contribution in [0.4, 0.5) is 0 Å². The van der Waals surface area contributed by atoms with Crippen LogP contribution in [0.15, 0.2) is 23.0 Å². The molecule has 1 N–H and O–H groups in total. The SMILES string of the molecule is CCCNC(Cc1ccoc1)C1(OCC)CCCC1. The molecule has 1 aliphatic rings. The lowest BCUT2D eigenvalue weighted by Crippen LogP contribution is -2.52. The first kappa shape index (κ1) is 14.6. The fourth-order valence-electron chi connectivity index (χ4n) is 3.26. The minimum Gasteiger partial charge on any atom is -0.472 e. The van der Waals surface area contributed by atoms with Crippen LogP contribution in [0.1, 0.15) is 51.5 Å². The molecule has 1 aromatic heterocycles. The summed E-state index contributed by atoms with van der Waals surface area (Å²) >= 11 is 0. The van der Waals surface area contributed by atoms with Crippen LogP contribution in [0.25, 0.3) is 0 Å². The minimum absolute atomic E-state index is 0.0290. The second-order valence-corrected chi connectivity index (χ2v) is 5.55. The van der Waals surface area contributed by atoms with Gasteiger partial charge in [0.2, 0.25) is 0 Å². The molecule has 0 aliphatic heterocycles. The van der Waals surface area contributed by atoms with Gasteiger partial charge in [-0.1, -0.05) is 19.8 Å². The molecule has 0 bridgehead atoms. The highest BCUT2D eigenvalue weighted by Gasteiger charge is 2.41. The van der Waals surface area contributed by atoms with Gasteiger partial charge in [0, 0.05) is 12.6 Å². The van der Waals surface area contributed by atoms with E-state index in [0.29, 0.717) is 6.04 Å². The molecule has 0 spiro atoms. The largest absolute Gasteiger partial charge is 0.472 e. The van der Waals surface area contributed by atoms with Crippen molar-refractivity contribution in [3.63, 3.8) is 0 Å². The molecule has 0 radical (unpaired) electrons. The van der Waals surface area contributed by atoms with Crippen LogP contribution in [-0.4, -0.2) is 24.8 Å². The standard InChI is InChI=1S/C16H27NO2/c1-3-10-17-15(12-14-7-11-18-13-14)16(19-4-2)8-5-6-9-16/h7,11,13,15,17H,3-6,8-10,12H2,1-2H3. The summed E-state index contributed by atoms with van der Waals surface area (Å²) in [6.07, 6.45) is 10.7. The number of nitrogens with one attached hydrogen (secondary N) is 1. The van der Waals surface area contributed by atoms with Gasteiger partial charge in [-0.2, -0.15) is 0 Å². The Morgan fingerprint density at radius 1 is 1.37 bits per heavy atom. The van der Waals surface area contributed by atoms with Crippen molar-refractivity contribution in [2.45, 2.75) is 64.0 Å². The van der Waals surface area contributed by atoms with Crippen LogP contribution in [0.5, 0.6) is 0 Å². The molecule has 2 rings (SSSR count). The van der Waals surface area contributed by atoms with Gasteiger partial charge in [-0.25, -0.2) is 0 Å². The zero-order valence-corrected chi connectivity index (χ0v) is 12.3. The Bertz CT molecular complexity index is 342. The molecule has 1 aromatic rings. The van der Waals surface area contributed by atoms with Gasteiger partial charge in [-0.3, -0.25) is 0 Å². The second kappa shape index (κ2) is 7.11. The van der Waals surface area contributed by atoms with Crippen LogP contribution >= 0.6 is 0 Å². The van der Waals surface area contributed by atoms with Crippen molar-refractivity contribution >= 4 is 0 Å². The Hall–Kier alpha value is -0.800. The molecule has 1 fully saturated rings. The third-order valence-corrected chi connectivity index (χ3v) is 4.18. The molecule has 1 atom stereocenters. The van der Waals surface area contributed by atoms with Crippen LogP contribution in [-0.2, 0) is 11.2 Å². The summed E-state index contributed by atoms with van der Waals surface area (Å²) in [6, 6.07) is 2.46. The summed E-state index contributed by atoms with van der Waals surface area (Å²) in [5.74, 6) is 0. The molecule has 0 aromatic carbocycles. The predicted molar refractivity (Wildman–Crippen MR) is 77.3 cm³/mol. The average molecular weight is 265 g/mol. The van der Waals surface area contributed by atoms with E-state index in [1.165, 1.54) is 31.2 Å². The van der Waals surface area contributed by atoms with Crippen molar-refractivity contribution in [2.24, 2.45) is 0 Å². The molecule has 1 unspecified atom stereocenters. The summed E-state index contributed by atoms with van der Waals surface area (Å²) in [4.78, 5) is 0. The third-order valence-electron chi connectivity index (χ3n) is 4.18. The zero-order valence-electron chi connectivity index (χ0n) is 12.3. The molecule has 1 heterocycles. The summed E-state index contributed by atoms with van der Waals surface area (Å²) < 4.78 is 11.4. The van der Waals surface area contributed by atoms with Gasteiger partial charge < -0.3 is 14.5 Å². The highest BCUT2D eigenvalue weighted by molar-refractivity contribution is 5.11. The molecule has 3 heteroatoms. The fraction of sp³-hybridized carbons (Fsp3) is 0.750. The van der Waals surface area contributed by atoms with Crippen molar-refractivity contribution in [2.75, 3.05) is 13.2 Å². The van der Waals surface area contributed by atoms with Crippen LogP contribution in [0.3, 0.4) is 0 Å². The van der Waals surface area contributed by atoms with Crippen molar-refractivity contribution in [3.05, 3.63) is 24.2 Å². The van der Waals surface area contributed by atoms with Gasteiger partial charge in [-0.05, 0) is 50.8 Å². The molecule has 108 valence electrons. The van der Waals surface area contributed by atoms with Crippen molar-refractivity contribution in [1.82, 2.24) is 5.32 Å². The fourth-order valence-corrected chi connectivity index (χ4v) is 3.26. The first-order valence-corrected chi connectivity index (χ1v) is 7.69. The van der Waals surface area contributed by atoms with Crippen LogP contribution in [0.2, 0.25) is 0 Å². The predicted octanol–water partition coefficient (Wildman–Crippen LogP) is 3.54. The monoisotopic (exact) mass is 265 g/mol. The van der Waals surface area contributed by atoms with Gasteiger partial charge in [0.05, 0.1) is 18.1 Å². The van der Waals surface area contributed by atoms with Crippen molar-refractivity contribution in [1.29, 1.82) is 0 Å². The number of rotatable bonds is 8. The Balaban J connectivity index is 2.09. The van der Waals surface area contributed by atoms with Gasteiger partial charge >= 0.3 is 0 Å². The van der Waals surface area contributed by atoms with E-state index in [1.807, 2.05) is 6.26 Å². The molecule has 3 nitrogen and oxygen atoms in total. The summed E-state index contributed by atoms with van der Waals surface area (Å²) in [5.41, 5.74) is 1.29. The van der Waals surface area contributed by atoms with Gasteiger partial charge in [0.15, 0.2) is 0 Å². The maximum absolute atomic E-state index is 6.21. The second-order valence-electron chi connectivity index (χ2n) is 5.55. The number of ether oxygens (including phenoxy) is 1. The quantitative estimate of drug-likeness (QED) is 0.780. The highest BCUT2D eigenvalue weighted by atomic mass is 16.5. The van der Waals surface area contributed by atoms with E-state index in [-0.39, 0.29) is 5.60 Å². The molecular formula is C16H27NO2. The van der Waals surface area contributed by atoms with E-state index in [2.05, 4.69) is 25.2 Å². The molecular weight excluding hydrogens is 238 g/mol. The average Bonchev–Trinajstić information content (AvgIpc) is 3.06. The smallest absolute Gasteiger partial charge is 0.0935 e. The highest BCUT2D eigenvalue weighted by Crippen LogP contribution is 2.37. The maximum Gasteiger partial charge on any atom is 0.0935 e. The zero-order chi connectivity index (χ0) is 13.6. The molecule has 1 saturated carbocycles. The lowest BCUT2D eigenvalue weighted by atomic mass is 9.87. The van der Waals surface area contributed by atoms with E-state index in [0.717, 1.165) is 26.0 Å². The number of hydrogen-bond donors (Lipinski definition) is 1. The van der Waals surface area contributed by atoms with E-state index in [9.17, 15) is 0 Å². The topological polar surface area (TPSA) is 34.4 Å². The third kappa shape index (κ3) is 3.61. The Morgan fingerprint density at radius 2 is 2.16 bits per heavy atom. The number of hydrogen-bond acceptors (Lipinski definition) is 3. The first-order valence-electron chi connectivity index (χ1n) is 7.69. The Kier molecular flexibility index (Phi) is 5.46. The lowest BCUT2D eigenvalue weighted by molar-refractivity contribution is -0.0612. The first-order chi connectivity index (χ1) is 9.30. The van der Waals surface area contributed by atoms with E-state index in [4.69, 9.17) is 9.15 Å². The van der Waals surface area contributed by atoms with E-state index >= 15 is 0 Å². The van der Waals surface area contributed by atoms with Gasteiger partial charge in [0.25, 0.3) is 0 Å². The van der Waals surface area contributed by atoms with Crippen LogP contribution < -0.4 is 5.32 Å². The normalized spacial score (nSPS) is 19.7. The van der Waals surface area contributed by atoms with Gasteiger partial charge in [-0.15, -0.1) is 0 Å². The van der Waals surface area contributed by atoms with Crippen LogP contribution in [0, 0.1) is 0 Å². The Morgan fingerprint density at radius 3 is 2.74 bits per heavy atom.